The molecule has 0 aliphatic carbocycles. The summed E-state index contributed by atoms with van der Waals surface area (Å²) >= 11 is 0. The van der Waals surface area contributed by atoms with Crippen LogP contribution < -0.4 is 4.72 Å². The summed E-state index contributed by atoms with van der Waals surface area (Å²) in [5.74, 6) is -1.04. The van der Waals surface area contributed by atoms with Gasteiger partial charge in [-0.15, -0.1) is 0 Å². The van der Waals surface area contributed by atoms with Crippen LogP contribution in [0.3, 0.4) is 0 Å². The van der Waals surface area contributed by atoms with Crippen LogP contribution in [0.2, 0.25) is 0 Å². The Kier molecular flexibility index (Phi) is 6.63. The number of thiol groups is 1. The lowest BCUT2D eigenvalue weighted by molar-refractivity contribution is 0.103. The molecular weight excluding hydrogens is 429 g/mol. The van der Waals surface area contributed by atoms with E-state index in [0.29, 0.717) is 40.7 Å². The lowest BCUT2D eigenvalue weighted by atomic mass is 9.98. The van der Waals surface area contributed by atoms with Gasteiger partial charge in [0.05, 0.1) is 28.5 Å². The summed E-state index contributed by atoms with van der Waals surface area (Å²) in [6, 6.07) is 19.2. The van der Waals surface area contributed by atoms with Crippen molar-refractivity contribution in [3.05, 3.63) is 95.4 Å². The number of halogens is 1. The number of benzene rings is 3. The molecule has 0 fully saturated rings. The summed E-state index contributed by atoms with van der Waals surface area (Å²) in [4.78, 5) is 22.1. The lowest BCUT2D eigenvalue weighted by Gasteiger charge is -2.09. The van der Waals surface area contributed by atoms with Crippen LogP contribution in [0.15, 0.2) is 72.9 Å². The van der Waals surface area contributed by atoms with E-state index in [1.807, 2.05) is 30.3 Å². The standard InChI is InChI=1S/C24H20FN3O3S/c25-23-17(9-5-13-27-32(30)31)8-4-10-19(23)24(29)18-11-12-20-21(14-18)28-22(15-26-20)16-6-2-1-3-7-16/h1-4,6-8,10-12,14-15,32H,5,9,13H2,(H,27,30,31). The van der Waals surface area contributed by atoms with Crippen molar-refractivity contribution in [1.29, 1.82) is 0 Å². The highest BCUT2D eigenvalue weighted by Crippen LogP contribution is 2.22. The number of aromatic nitrogens is 2. The van der Waals surface area contributed by atoms with Crippen LogP contribution in [0, 0.1) is 5.82 Å². The number of hydrogen-bond acceptors (Lipinski definition) is 5. The van der Waals surface area contributed by atoms with Crippen molar-refractivity contribution in [3.63, 3.8) is 0 Å². The monoisotopic (exact) mass is 449 g/mol. The van der Waals surface area contributed by atoms with Gasteiger partial charge < -0.3 is 0 Å². The molecule has 1 N–H and O–H groups in total. The molecule has 0 aliphatic heterocycles. The summed E-state index contributed by atoms with van der Waals surface area (Å²) in [6.45, 7) is 0.212. The van der Waals surface area contributed by atoms with Gasteiger partial charge in [0.15, 0.2) is 5.78 Å². The van der Waals surface area contributed by atoms with Gasteiger partial charge in [-0.25, -0.2) is 22.5 Å². The largest absolute Gasteiger partial charge is 0.288 e. The van der Waals surface area contributed by atoms with E-state index < -0.39 is 22.5 Å². The molecule has 0 saturated carbocycles. The van der Waals surface area contributed by atoms with E-state index in [9.17, 15) is 13.2 Å². The smallest absolute Gasteiger partial charge is 0.201 e. The van der Waals surface area contributed by atoms with E-state index in [1.165, 1.54) is 6.07 Å². The number of ketones is 1. The van der Waals surface area contributed by atoms with Crippen molar-refractivity contribution >= 4 is 27.7 Å². The van der Waals surface area contributed by atoms with E-state index in [1.54, 1.807) is 36.5 Å². The Bertz CT molecular complexity index is 1350. The fourth-order valence-electron chi connectivity index (χ4n) is 3.45. The normalized spacial score (nSPS) is 11.2. The van der Waals surface area contributed by atoms with Crippen LogP contribution in [0.4, 0.5) is 4.39 Å². The molecule has 0 saturated heterocycles. The first-order valence-corrected chi connectivity index (χ1v) is 11.2. The number of hydrogen-bond donors (Lipinski definition) is 2. The molecule has 32 heavy (non-hydrogen) atoms. The van der Waals surface area contributed by atoms with E-state index in [-0.39, 0.29) is 12.1 Å². The highest BCUT2D eigenvalue weighted by molar-refractivity contribution is 7.70. The molecule has 6 nitrogen and oxygen atoms in total. The molecule has 0 radical (unpaired) electrons. The molecule has 1 aromatic heterocycles. The summed E-state index contributed by atoms with van der Waals surface area (Å²) < 4.78 is 38.4. The van der Waals surface area contributed by atoms with Gasteiger partial charge in [-0.3, -0.25) is 9.78 Å². The topological polar surface area (TPSA) is 89.0 Å². The minimum absolute atomic E-state index is 0.0307. The predicted molar refractivity (Wildman–Crippen MR) is 121 cm³/mol. The molecule has 4 aromatic rings. The van der Waals surface area contributed by atoms with Crippen molar-refractivity contribution in [2.24, 2.45) is 0 Å². The second-order valence-corrected chi connectivity index (χ2v) is 8.03. The molecule has 162 valence electrons. The Labute approximate surface area is 186 Å². The van der Waals surface area contributed by atoms with E-state index in [0.717, 1.165) is 5.56 Å². The Balaban J connectivity index is 1.61. The Morgan fingerprint density at radius 2 is 1.78 bits per heavy atom. The number of nitrogens with one attached hydrogen (secondary N) is 1. The average molecular weight is 450 g/mol. The van der Waals surface area contributed by atoms with Crippen LogP contribution in [0.25, 0.3) is 22.3 Å². The number of carbonyl (C=O) groups is 1. The second kappa shape index (κ2) is 9.76. The third kappa shape index (κ3) is 4.87. The van der Waals surface area contributed by atoms with Crippen LogP contribution in [0.5, 0.6) is 0 Å². The van der Waals surface area contributed by atoms with Crippen molar-refractivity contribution in [1.82, 2.24) is 14.7 Å². The van der Waals surface area contributed by atoms with E-state index >= 15 is 4.39 Å². The van der Waals surface area contributed by atoms with Crippen molar-refractivity contribution < 1.29 is 17.6 Å². The molecule has 0 aliphatic rings. The van der Waals surface area contributed by atoms with Crippen LogP contribution in [-0.4, -0.2) is 30.7 Å². The zero-order chi connectivity index (χ0) is 22.5. The highest BCUT2D eigenvalue weighted by atomic mass is 32.2. The third-order valence-corrected chi connectivity index (χ3v) is 5.54. The maximum absolute atomic E-state index is 15.0. The van der Waals surface area contributed by atoms with Gasteiger partial charge in [0.1, 0.15) is 5.82 Å². The number of fused-ring (bicyclic) bond motifs is 1. The van der Waals surface area contributed by atoms with Crippen LogP contribution in [0.1, 0.15) is 27.9 Å². The van der Waals surface area contributed by atoms with Crippen LogP contribution in [-0.2, 0) is 17.3 Å². The fourth-order valence-corrected chi connectivity index (χ4v) is 3.79. The first kappa shape index (κ1) is 21.7. The summed E-state index contributed by atoms with van der Waals surface area (Å²) in [5.41, 5.74) is 3.43. The van der Waals surface area contributed by atoms with Crippen molar-refractivity contribution in [2.75, 3.05) is 6.54 Å². The zero-order valence-corrected chi connectivity index (χ0v) is 17.9. The van der Waals surface area contributed by atoms with Gasteiger partial charge in [0.2, 0.25) is 10.9 Å². The minimum atomic E-state index is -2.68. The Morgan fingerprint density at radius 3 is 2.56 bits per heavy atom. The Morgan fingerprint density at radius 1 is 0.969 bits per heavy atom. The van der Waals surface area contributed by atoms with Gasteiger partial charge in [0.25, 0.3) is 0 Å². The SMILES string of the molecule is O=C(c1ccc2ncc(-c3ccccc3)nc2c1)c1cccc(CCCN[SH](=O)=O)c1F. The quantitative estimate of drug-likeness (QED) is 0.243. The van der Waals surface area contributed by atoms with Crippen molar-refractivity contribution in [2.45, 2.75) is 12.8 Å². The predicted octanol–water partition coefficient (Wildman–Crippen LogP) is 3.72. The third-order valence-electron chi connectivity index (χ3n) is 5.06. The number of aryl methyl sites for hydroxylation is 1. The van der Waals surface area contributed by atoms with E-state index in [4.69, 9.17) is 0 Å². The van der Waals surface area contributed by atoms with Gasteiger partial charge in [-0.05, 0) is 42.7 Å². The molecule has 0 amide bonds. The Hall–Kier alpha value is -3.49. The fraction of sp³-hybridized carbons (Fsp3) is 0.125. The summed E-state index contributed by atoms with van der Waals surface area (Å²) in [7, 11) is -2.68. The van der Waals surface area contributed by atoms with Gasteiger partial charge >= 0.3 is 0 Å². The van der Waals surface area contributed by atoms with E-state index in [2.05, 4.69) is 14.7 Å². The van der Waals surface area contributed by atoms with Gasteiger partial charge in [0, 0.05) is 17.7 Å². The maximum atomic E-state index is 15.0. The maximum Gasteiger partial charge on any atom is 0.201 e. The zero-order valence-electron chi connectivity index (χ0n) is 17.0. The van der Waals surface area contributed by atoms with Gasteiger partial charge in [-0.1, -0.05) is 42.5 Å². The summed E-state index contributed by atoms with van der Waals surface area (Å²) in [5, 5.41) is 0. The molecule has 3 aromatic carbocycles. The lowest BCUT2D eigenvalue weighted by Crippen LogP contribution is -2.14. The number of rotatable bonds is 8. The molecule has 0 atom stereocenters. The first-order chi connectivity index (χ1) is 15.5. The molecule has 0 bridgehead atoms. The average Bonchev–Trinajstić information content (AvgIpc) is 2.82. The number of carbonyl (C=O) groups excluding carboxylic acids is 1. The molecular formula is C24H20FN3O3S. The van der Waals surface area contributed by atoms with Crippen LogP contribution >= 0.6 is 0 Å². The molecule has 8 heteroatoms. The van der Waals surface area contributed by atoms with Gasteiger partial charge in [-0.2, -0.15) is 0 Å². The second-order valence-electron chi connectivity index (χ2n) is 7.20. The molecule has 4 rings (SSSR count). The number of nitrogens with zero attached hydrogens (tertiary/aromatic N) is 2. The van der Waals surface area contributed by atoms with Crippen molar-refractivity contribution in [3.8, 4) is 11.3 Å². The minimum Gasteiger partial charge on any atom is -0.288 e. The highest BCUT2D eigenvalue weighted by Gasteiger charge is 2.17. The first-order valence-electron chi connectivity index (χ1n) is 10.0. The molecule has 0 spiro atoms. The molecule has 0 unspecified atom stereocenters. The molecule has 1 heterocycles. The summed E-state index contributed by atoms with van der Waals surface area (Å²) in [6.07, 6.45) is 2.42.